The third-order valence-electron chi connectivity index (χ3n) is 4.95. The minimum atomic E-state index is -1.23. The van der Waals surface area contributed by atoms with Crippen molar-refractivity contribution >= 4 is 28.2 Å². The minimum absolute atomic E-state index is 0.297. The van der Waals surface area contributed by atoms with Crippen LogP contribution in [0.3, 0.4) is 0 Å². The van der Waals surface area contributed by atoms with Gasteiger partial charge in [-0.15, -0.1) is 0 Å². The summed E-state index contributed by atoms with van der Waals surface area (Å²) in [5.74, 6) is -0.149. The Kier molecular flexibility index (Phi) is 5.42. The molecular weight excluding hydrogens is 338 g/mol. The predicted octanol–water partition coefficient (Wildman–Crippen LogP) is 4.28. The molecule has 0 aliphatic heterocycles. The lowest BCUT2D eigenvalue weighted by Crippen LogP contribution is -2.49. The Morgan fingerprint density at radius 3 is 2.48 bits per heavy atom. The topological polar surface area (TPSA) is 88.2 Å². The zero-order valence-corrected chi connectivity index (χ0v) is 15.7. The number of hydrogen-bond acceptors (Lipinski definition) is 4. The van der Waals surface area contributed by atoms with Gasteiger partial charge in [0.25, 0.3) is 0 Å². The van der Waals surface area contributed by atoms with E-state index >= 15 is 0 Å². The van der Waals surface area contributed by atoms with E-state index in [0.29, 0.717) is 12.8 Å². The third-order valence-corrected chi connectivity index (χ3v) is 4.95. The van der Waals surface area contributed by atoms with Crippen LogP contribution in [-0.2, 0) is 17.6 Å². The zero-order chi connectivity index (χ0) is 19.4. The van der Waals surface area contributed by atoms with Gasteiger partial charge in [-0.05, 0) is 42.0 Å². The monoisotopic (exact) mass is 363 g/mol. The molecule has 5 nitrogen and oxygen atoms in total. The molecule has 140 valence electrons. The van der Waals surface area contributed by atoms with Crippen molar-refractivity contribution in [1.29, 1.82) is 0 Å². The Labute approximate surface area is 159 Å². The number of nitrogens with two attached hydrogens (primary N) is 1. The van der Waals surface area contributed by atoms with Gasteiger partial charge in [0.2, 0.25) is 0 Å². The van der Waals surface area contributed by atoms with E-state index in [0.717, 1.165) is 40.0 Å². The van der Waals surface area contributed by atoms with Crippen molar-refractivity contribution in [3.63, 3.8) is 0 Å². The van der Waals surface area contributed by atoms with Crippen LogP contribution in [0.4, 0.5) is 11.5 Å². The van der Waals surface area contributed by atoms with E-state index in [9.17, 15) is 9.90 Å². The summed E-state index contributed by atoms with van der Waals surface area (Å²) in [5.41, 5.74) is 7.60. The average Bonchev–Trinajstić information content (AvgIpc) is 2.69. The van der Waals surface area contributed by atoms with E-state index in [-0.39, 0.29) is 0 Å². The summed E-state index contributed by atoms with van der Waals surface area (Å²) in [6.45, 7) is 3.88. The Morgan fingerprint density at radius 2 is 1.85 bits per heavy atom. The maximum absolute atomic E-state index is 11.4. The van der Waals surface area contributed by atoms with Crippen LogP contribution in [0, 0.1) is 0 Å². The molecule has 1 atom stereocenters. The van der Waals surface area contributed by atoms with E-state index in [1.54, 1.807) is 6.92 Å². The number of rotatable bonds is 7. The molecule has 0 saturated carbocycles. The van der Waals surface area contributed by atoms with Crippen LogP contribution in [0.25, 0.3) is 10.8 Å². The fourth-order valence-corrected chi connectivity index (χ4v) is 3.09. The van der Waals surface area contributed by atoms with Gasteiger partial charge >= 0.3 is 5.97 Å². The lowest BCUT2D eigenvalue weighted by Gasteiger charge is -2.23. The lowest BCUT2D eigenvalue weighted by molar-refractivity contribution is -0.143. The van der Waals surface area contributed by atoms with Gasteiger partial charge in [0.15, 0.2) is 0 Å². The van der Waals surface area contributed by atoms with Crippen LogP contribution in [-0.4, -0.2) is 21.6 Å². The molecule has 0 bridgehead atoms. The second-order valence-electron chi connectivity index (χ2n) is 6.85. The molecule has 0 spiro atoms. The highest BCUT2D eigenvalue weighted by Gasteiger charge is 2.31. The van der Waals surface area contributed by atoms with Gasteiger partial charge in [-0.1, -0.05) is 50.2 Å². The van der Waals surface area contributed by atoms with E-state index in [1.165, 1.54) is 0 Å². The Hall–Kier alpha value is -2.92. The molecule has 0 fully saturated rings. The van der Waals surface area contributed by atoms with E-state index in [4.69, 9.17) is 10.7 Å². The van der Waals surface area contributed by atoms with Crippen molar-refractivity contribution in [2.75, 3.05) is 5.32 Å². The van der Waals surface area contributed by atoms with Crippen molar-refractivity contribution < 1.29 is 9.90 Å². The summed E-state index contributed by atoms with van der Waals surface area (Å²) in [5, 5.41) is 15.0. The van der Waals surface area contributed by atoms with E-state index in [2.05, 4.69) is 30.4 Å². The van der Waals surface area contributed by atoms with Gasteiger partial charge in [-0.25, -0.2) is 4.98 Å². The molecule has 0 saturated heterocycles. The molecule has 0 unspecified atom stereocenters. The number of aliphatic carboxylic acids is 1. The van der Waals surface area contributed by atoms with Crippen LogP contribution in [0.1, 0.15) is 31.5 Å². The molecule has 3 aromatic rings. The number of nitrogens with zero attached hydrogens (tertiary/aromatic N) is 1. The highest BCUT2D eigenvalue weighted by Crippen LogP contribution is 2.26. The Morgan fingerprint density at radius 1 is 1.15 bits per heavy atom. The van der Waals surface area contributed by atoms with Gasteiger partial charge in [-0.3, -0.25) is 4.79 Å². The van der Waals surface area contributed by atoms with E-state index < -0.39 is 11.5 Å². The number of benzene rings is 2. The number of carbonyl (C=O) groups is 1. The molecule has 4 N–H and O–H groups in total. The van der Waals surface area contributed by atoms with Crippen molar-refractivity contribution in [3.05, 3.63) is 65.9 Å². The minimum Gasteiger partial charge on any atom is -0.480 e. The molecule has 0 aliphatic carbocycles. The molecule has 0 aliphatic rings. The summed E-state index contributed by atoms with van der Waals surface area (Å²) in [6.07, 6.45) is 1.54. The summed E-state index contributed by atoms with van der Waals surface area (Å²) in [6, 6.07) is 18.0. The number of fused-ring (bicyclic) bond motifs is 1. The summed E-state index contributed by atoms with van der Waals surface area (Å²) in [7, 11) is 0. The molecule has 0 radical (unpaired) electrons. The first kappa shape index (κ1) is 18.9. The van der Waals surface area contributed by atoms with Crippen molar-refractivity contribution in [1.82, 2.24) is 4.98 Å². The molecule has 5 heteroatoms. The molecule has 0 amide bonds. The smallest absolute Gasteiger partial charge is 0.324 e. The van der Waals surface area contributed by atoms with Gasteiger partial charge < -0.3 is 16.2 Å². The standard InChI is InChI=1S/C22H25N3O2/c1-3-17-13-16-7-5-6-8-19(16)20(24-17)25-18-11-9-15(10-12-18)14-22(23,4-2)21(26)27/h5-13H,3-4,14,23H2,1-2H3,(H,24,25)(H,26,27)/t22-/m0/s1. The second-order valence-corrected chi connectivity index (χ2v) is 6.85. The number of pyridine rings is 1. The average molecular weight is 363 g/mol. The number of carboxylic acid groups (broad SMARTS) is 1. The number of hydrogen-bond donors (Lipinski definition) is 3. The molecular formula is C22H25N3O2. The van der Waals surface area contributed by atoms with Crippen molar-refractivity contribution in [2.24, 2.45) is 5.73 Å². The number of aromatic nitrogens is 1. The normalized spacial score (nSPS) is 13.3. The molecule has 27 heavy (non-hydrogen) atoms. The lowest BCUT2D eigenvalue weighted by atomic mass is 9.89. The van der Waals surface area contributed by atoms with Gasteiger partial charge in [-0.2, -0.15) is 0 Å². The Balaban J connectivity index is 1.85. The van der Waals surface area contributed by atoms with Crippen molar-refractivity contribution in [3.8, 4) is 0 Å². The number of anilines is 2. The van der Waals surface area contributed by atoms with Crippen LogP contribution in [0.2, 0.25) is 0 Å². The fraction of sp³-hybridized carbons (Fsp3) is 0.273. The SMILES string of the molecule is CCc1cc2ccccc2c(Nc2ccc(C[C@@](N)(CC)C(=O)O)cc2)n1. The first-order valence-electron chi connectivity index (χ1n) is 9.22. The van der Waals surface area contributed by atoms with Crippen LogP contribution in [0.5, 0.6) is 0 Å². The quantitative estimate of drug-likeness (QED) is 0.583. The molecule has 2 aromatic carbocycles. The maximum Gasteiger partial charge on any atom is 0.324 e. The highest BCUT2D eigenvalue weighted by atomic mass is 16.4. The third kappa shape index (κ3) is 4.09. The summed E-state index contributed by atoms with van der Waals surface area (Å²) >= 11 is 0. The molecule has 1 aromatic heterocycles. The number of carboxylic acids is 1. The molecule has 3 rings (SSSR count). The second kappa shape index (κ2) is 7.76. The van der Waals surface area contributed by atoms with Gasteiger partial charge in [0.05, 0.1) is 0 Å². The number of nitrogens with one attached hydrogen (secondary N) is 1. The first-order chi connectivity index (χ1) is 12.9. The highest BCUT2D eigenvalue weighted by molar-refractivity contribution is 5.93. The fourth-order valence-electron chi connectivity index (χ4n) is 3.09. The summed E-state index contributed by atoms with van der Waals surface area (Å²) < 4.78 is 0. The van der Waals surface area contributed by atoms with Gasteiger partial charge in [0, 0.05) is 23.2 Å². The van der Waals surface area contributed by atoms with Crippen LogP contribution in [0.15, 0.2) is 54.6 Å². The van der Waals surface area contributed by atoms with Crippen molar-refractivity contribution in [2.45, 2.75) is 38.6 Å². The Bertz CT molecular complexity index is 953. The van der Waals surface area contributed by atoms with Crippen LogP contribution >= 0.6 is 0 Å². The predicted molar refractivity (Wildman–Crippen MR) is 109 cm³/mol. The first-order valence-corrected chi connectivity index (χ1v) is 9.22. The summed E-state index contributed by atoms with van der Waals surface area (Å²) in [4.78, 5) is 16.1. The zero-order valence-electron chi connectivity index (χ0n) is 15.7. The van der Waals surface area contributed by atoms with Gasteiger partial charge in [0.1, 0.15) is 11.4 Å². The largest absolute Gasteiger partial charge is 0.480 e. The molecule has 1 heterocycles. The number of aryl methyl sites for hydroxylation is 1. The van der Waals surface area contributed by atoms with E-state index in [1.807, 2.05) is 36.4 Å². The van der Waals surface area contributed by atoms with Crippen LogP contribution < -0.4 is 11.1 Å². The maximum atomic E-state index is 11.4.